The van der Waals surface area contributed by atoms with Crippen molar-refractivity contribution in [1.29, 1.82) is 0 Å². The molecule has 0 saturated carbocycles. The fourth-order valence-electron chi connectivity index (χ4n) is 3.22. The first-order valence-electron chi connectivity index (χ1n) is 9.42. The lowest BCUT2D eigenvalue weighted by Gasteiger charge is -2.18. The van der Waals surface area contributed by atoms with Crippen molar-refractivity contribution in [3.63, 3.8) is 0 Å². The highest BCUT2D eigenvalue weighted by Gasteiger charge is 2.17. The maximum absolute atomic E-state index is 13.7. The van der Waals surface area contributed by atoms with Crippen LogP contribution in [0.15, 0.2) is 61.1 Å². The number of halogens is 1. The summed E-state index contributed by atoms with van der Waals surface area (Å²) in [6.07, 6.45) is 3.60. The Hall–Kier alpha value is -4.47. The molecule has 2 N–H and O–H groups in total. The number of hydrogen-bond acceptors (Lipinski definition) is 5. The Bertz CT molecular complexity index is 1320. The van der Waals surface area contributed by atoms with Crippen LogP contribution in [-0.4, -0.2) is 45.6 Å². The van der Waals surface area contributed by atoms with Crippen LogP contribution in [0.1, 0.15) is 10.4 Å². The fraction of sp³-hybridized carbons (Fsp3) is 0.0909. The van der Waals surface area contributed by atoms with E-state index in [2.05, 4.69) is 15.3 Å². The monoisotopic (exact) mass is 435 g/mol. The summed E-state index contributed by atoms with van der Waals surface area (Å²) in [7, 11) is 2.95. The van der Waals surface area contributed by atoms with Gasteiger partial charge in [0.05, 0.1) is 24.6 Å². The molecule has 0 aliphatic heterocycles. The zero-order chi connectivity index (χ0) is 22.8. The van der Waals surface area contributed by atoms with E-state index in [1.54, 1.807) is 42.0 Å². The van der Waals surface area contributed by atoms with E-state index in [1.165, 1.54) is 42.5 Å². The number of rotatable bonds is 5. The predicted molar refractivity (Wildman–Crippen MR) is 116 cm³/mol. The highest BCUT2D eigenvalue weighted by molar-refractivity contribution is 6.05. The van der Waals surface area contributed by atoms with Gasteiger partial charge in [-0.15, -0.1) is 0 Å². The number of methoxy groups -OCH3 is 1. The van der Waals surface area contributed by atoms with E-state index >= 15 is 0 Å². The minimum Gasteiger partial charge on any atom is -0.494 e. The molecule has 0 aliphatic carbocycles. The Kier molecular flexibility index (Phi) is 5.42. The predicted octanol–water partition coefficient (Wildman–Crippen LogP) is 3.91. The van der Waals surface area contributed by atoms with Crippen molar-refractivity contribution >= 4 is 29.2 Å². The molecule has 0 radical (unpaired) electrons. The molecule has 2 amide bonds. The maximum Gasteiger partial charge on any atom is 0.410 e. The van der Waals surface area contributed by atoms with Crippen LogP contribution in [0.25, 0.3) is 16.9 Å². The molecular formula is C22H18FN5O4. The van der Waals surface area contributed by atoms with Crippen LogP contribution in [-0.2, 0) is 0 Å². The lowest BCUT2D eigenvalue weighted by atomic mass is 10.2. The first-order chi connectivity index (χ1) is 15.4. The normalized spacial score (nSPS) is 10.7. The number of anilines is 2. The van der Waals surface area contributed by atoms with Crippen molar-refractivity contribution in [3.8, 4) is 17.0 Å². The average Bonchev–Trinajstić information content (AvgIpc) is 3.22. The molecule has 0 bridgehead atoms. The molecule has 9 nitrogen and oxygen atoms in total. The van der Waals surface area contributed by atoms with Crippen molar-refractivity contribution in [3.05, 3.63) is 72.4 Å². The SMILES string of the molecule is COc1cc(N(C)C(=O)c2ccc3ncc(-c4ccc(NC(=O)O)nc4)n3c2)ccc1F. The number of amides is 2. The quantitative estimate of drug-likeness (QED) is 0.492. The molecule has 0 unspecified atom stereocenters. The van der Waals surface area contributed by atoms with Crippen LogP contribution in [0.2, 0.25) is 0 Å². The molecule has 32 heavy (non-hydrogen) atoms. The van der Waals surface area contributed by atoms with E-state index < -0.39 is 11.9 Å². The number of carbonyl (C=O) groups is 2. The van der Waals surface area contributed by atoms with Gasteiger partial charge < -0.3 is 14.7 Å². The maximum atomic E-state index is 13.7. The van der Waals surface area contributed by atoms with Gasteiger partial charge in [0.2, 0.25) is 0 Å². The third-order valence-electron chi connectivity index (χ3n) is 4.87. The summed E-state index contributed by atoms with van der Waals surface area (Å²) in [6.45, 7) is 0. The van der Waals surface area contributed by atoms with Gasteiger partial charge >= 0.3 is 6.09 Å². The fourth-order valence-corrected chi connectivity index (χ4v) is 3.22. The molecule has 0 saturated heterocycles. The minimum absolute atomic E-state index is 0.0443. The second-order valence-electron chi connectivity index (χ2n) is 6.83. The van der Waals surface area contributed by atoms with Crippen LogP contribution < -0.4 is 15.0 Å². The molecule has 3 heterocycles. The van der Waals surface area contributed by atoms with Gasteiger partial charge in [0.25, 0.3) is 5.91 Å². The Morgan fingerprint density at radius 2 is 1.94 bits per heavy atom. The van der Waals surface area contributed by atoms with Gasteiger partial charge in [-0.2, -0.15) is 0 Å². The van der Waals surface area contributed by atoms with Gasteiger partial charge in [-0.05, 0) is 36.4 Å². The molecule has 10 heteroatoms. The number of nitrogens with zero attached hydrogens (tertiary/aromatic N) is 4. The third kappa shape index (κ3) is 3.93. The molecule has 4 rings (SSSR count). The molecule has 0 atom stereocenters. The number of carbonyl (C=O) groups excluding carboxylic acids is 1. The molecule has 4 aromatic rings. The topological polar surface area (TPSA) is 109 Å². The number of aromatic nitrogens is 3. The number of pyridine rings is 2. The van der Waals surface area contributed by atoms with Crippen LogP contribution >= 0.6 is 0 Å². The van der Waals surface area contributed by atoms with Crippen molar-refractivity contribution in [2.45, 2.75) is 0 Å². The molecule has 1 aromatic carbocycles. The average molecular weight is 435 g/mol. The van der Waals surface area contributed by atoms with Gasteiger partial charge in [-0.25, -0.2) is 19.2 Å². The Morgan fingerprint density at radius 1 is 1.12 bits per heavy atom. The summed E-state index contributed by atoms with van der Waals surface area (Å²) in [5, 5.41) is 11.0. The molecule has 3 aromatic heterocycles. The Morgan fingerprint density at radius 3 is 2.62 bits per heavy atom. The number of carboxylic acid groups (broad SMARTS) is 1. The summed E-state index contributed by atoms with van der Waals surface area (Å²) >= 11 is 0. The zero-order valence-corrected chi connectivity index (χ0v) is 17.1. The number of fused-ring (bicyclic) bond motifs is 1. The van der Waals surface area contributed by atoms with Crippen molar-refractivity contribution in [2.24, 2.45) is 0 Å². The van der Waals surface area contributed by atoms with E-state index in [1.807, 2.05) is 0 Å². The van der Waals surface area contributed by atoms with E-state index in [0.717, 1.165) is 0 Å². The number of ether oxygens (including phenoxy) is 1. The molecule has 0 spiro atoms. The van der Waals surface area contributed by atoms with Crippen LogP contribution in [0.3, 0.4) is 0 Å². The summed E-state index contributed by atoms with van der Waals surface area (Å²) in [5.41, 5.74) is 2.85. The van der Waals surface area contributed by atoms with Gasteiger partial charge in [0.1, 0.15) is 11.5 Å². The van der Waals surface area contributed by atoms with Gasteiger partial charge in [0, 0.05) is 36.8 Å². The van der Waals surface area contributed by atoms with Crippen molar-refractivity contribution in [2.75, 3.05) is 24.4 Å². The number of nitrogens with one attached hydrogen (secondary N) is 1. The van der Waals surface area contributed by atoms with Crippen molar-refractivity contribution in [1.82, 2.24) is 14.4 Å². The summed E-state index contributed by atoms with van der Waals surface area (Å²) < 4.78 is 20.5. The first kappa shape index (κ1) is 20.8. The number of hydrogen-bond donors (Lipinski definition) is 2. The van der Waals surface area contributed by atoms with Gasteiger partial charge in [0.15, 0.2) is 11.6 Å². The minimum atomic E-state index is -1.20. The molecule has 0 fully saturated rings. The third-order valence-corrected chi connectivity index (χ3v) is 4.87. The lowest BCUT2D eigenvalue weighted by Crippen LogP contribution is -2.26. The van der Waals surface area contributed by atoms with E-state index in [0.29, 0.717) is 28.2 Å². The van der Waals surface area contributed by atoms with E-state index in [9.17, 15) is 14.0 Å². The smallest absolute Gasteiger partial charge is 0.410 e. The summed E-state index contributed by atoms with van der Waals surface area (Å²) in [6, 6.07) is 10.8. The zero-order valence-electron chi connectivity index (χ0n) is 17.1. The Balaban J connectivity index is 1.66. The first-order valence-corrected chi connectivity index (χ1v) is 9.42. The highest BCUT2D eigenvalue weighted by Crippen LogP contribution is 2.26. The van der Waals surface area contributed by atoms with Crippen molar-refractivity contribution < 1.29 is 23.8 Å². The number of benzene rings is 1. The standard InChI is InChI=1S/C22H18FN5O4/c1-27(15-5-6-16(23)18(9-15)32-2)21(29)14-4-8-20-25-11-17(28(20)12-14)13-3-7-19(24-10-13)26-22(30)31/h3-12H,1-2H3,(H,24,26)(H,30,31). The lowest BCUT2D eigenvalue weighted by molar-refractivity contribution is 0.0992. The molecular weight excluding hydrogens is 417 g/mol. The molecule has 162 valence electrons. The van der Waals surface area contributed by atoms with Crippen LogP contribution in [0.5, 0.6) is 5.75 Å². The molecule has 0 aliphatic rings. The summed E-state index contributed by atoms with van der Waals surface area (Å²) in [4.78, 5) is 33.6. The van der Waals surface area contributed by atoms with Crippen LogP contribution in [0.4, 0.5) is 20.7 Å². The highest BCUT2D eigenvalue weighted by atomic mass is 19.1. The summed E-state index contributed by atoms with van der Waals surface area (Å²) in [5.74, 6) is -0.579. The second-order valence-corrected chi connectivity index (χ2v) is 6.83. The Labute approximate surface area is 181 Å². The number of imidazole rings is 1. The van der Waals surface area contributed by atoms with Gasteiger partial charge in [-0.1, -0.05) is 0 Å². The second kappa shape index (κ2) is 8.34. The van der Waals surface area contributed by atoms with Gasteiger partial charge in [-0.3, -0.25) is 14.5 Å². The van der Waals surface area contributed by atoms with E-state index in [4.69, 9.17) is 9.84 Å². The van der Waals surface area contributed by atoms with E-state index in [-0.39, 0.29) is 17.5 Å². The van der Waals surface area contributed by atoms with Crippen LogP contribution in [0, 0.1) is 5.82 Å². The largest absolute Gasteiger partial charge is 0.494 e.